The number of hydrogen-bond acceptors (Lipinski definition) is 2. The van der Waals surface area contributed by atoms with Crippen LogP contribution in [0.3, 0.4) is 0 Å². The van der Waals surface area contributed by atoms with E-state index in [2.05, 4.69) is 17.0 Å². The minimum absolute atomic E-state index is 0.149. The molecule has 1 aromatic rings. The Balaban J connectivity index is 3.34. The lowest BCUT2D eigenvalue weighted by molar-refractivity contribution is 0.0964. The second-order valence-electron chi connectivity index (χ2n) is 2.98. The van der Waals surface area contributed by atoms with E-state index in [1.165, 1.54) is 0 Å². The van der Waals surface area contributed by atoms with Gasteiger partial charge >= 0.3 is 0 Å². The Morgan fingerprint density at radius 1 is 1.53 bits per heavy atom. The number of benzene rings is 1. The molecule has 1 N–H and O–H groups in total. The summed E-state index contributed by atoms with van der Waals surface area (Å²) in [5.74, 6) is -0.149. The van der Waals surface area contributed by atoms with Crippen molar-refractivity contribution < 1.29 is 4.79 Å². The van der Waals surface area contributed by atoms with Crippen LogP contribution in [-0.2, 0) is 0 Å². The lowest BCUT2D eigenvalue weighted by Gasteiger charge is -2.06. The van der Waals surface area contributed by atoms with E-state index >= 15 is 0 Å². The van der Waals surface area contributed by atoms with E-state index in [9.17, 15) is 4.79 Å². The van der Waals surface area contributed by atoms with Gasteiger partial charge in [0, 0.05) is 12.6 Å². The number of para-hydroxylation sites is 1. The fraction of sp³-hybridized carbons (Fsp3) is 0.167. The summed E-state index contributed by atoms with van der Waals surface area (Å²) in [5.41, 5.74) is 2.06. The summed E-state index contributed by atoms with van der Waals surface area (Å²) in [6.07, 6.45) is 3.80. The van der Waals surface area contributed by atoms with Gasteiger partial charge in [0.25, 0.3) is 5.91 Å². The van der Waals surface area contributed by atoms with Crippen molar-refractivity contribution in [2.75, 3.05) is 7.05 Å². The number of aliphatic imine (C=N–C) groups is 1. The van der Waals surface area contributed by atoms with Gasteiger partial charge in [0.2, 0.25) is 0 Å². The van der Waals surface area contributed by atoms with Gasteiger partial charge in [-0.05, 0) is 19.7 Å². The summed E-state index contributed by atoms with van der Waals surface area (Å²) in [7, 11) is 1.59. The molecule has 0 fully saturated rings. The Morgan fingerprint density at radius 3 is 2.80 bits per heavy atom. The van der Waals surface area contributed by atoms with Gasteiger partial charge in [0.15, 0.2) is 0 Å². The van der Waals surface area contributed by atoms with E-state index in [-0.39, 0.29) is 5.91 Å². The molecule has 1 amide bonds. The van der Waals surface area contributed by atoms with Gasteiger partial charge in [0.1, 0.15) is 0 Å². The SMILES string of the molecule is C=Nc1c(/C=C\C)cccc1C(=O)NC. The number of amides is 1. The summed E-state index contributed by atoms with van der Waals surface area (Å²) in [4.78, 5) is 15.4. The van der Waals surface area contributed by atoms with Crippen LogP contribution >= 0.6 is 0 Å². The van der Waals surface area contributed by atoms with Gasteiger partial charge in [-0.3, -0.25) is 9.79 Å². The van der Waals surface area contributed by atoms with Gasteiger partial charge in [-0.1, -0.05) is 24.3 Å². The standard InChI is InChI=1S/C12H14N2O/c1-4-6-9-7-5-8-10(11(9)13-2)12(15)14-3/h4-8H,2H2,1,3H3,(H,14,15)/b6-4-. The van der Waals surface area contributed by atoms with Crippen LogP contribution in [0.5, 0.6) is 0 Å². The number of rotatable bonds is 3. The number of nitrogens with zero attached hydrogens (tertiary/aromatic N) is 1. The van der Waals surface area contributed by atoms with Crippen molar-refractivity contribution in [3.8, 4) is 0 Å². The monoisotopic (exact) mass is 202 g/mol. The first kappa shape index (κ1) is 11.2. The van der Waals surface area contributed by atoms with Crippen LogP contribution in [-0.4, -0.2) is 19.7 Å². The largest absolute Gasteiger partial charge is 0.355 e. The van der Waals surface area contributed by atoms with Crippen LogP contribution in [0.25, 0.3) is 6.08 Å². The van der Waals surface area contributed by atoms with E-state index in [1.54, 1.807) is 13.1 Å². The topological polar surface area (TPSA) is 41.5 Å². The summed E-state index contributed by atoms with van der Waals surface area (Å²) in [6, 6.07) is 5.46. The molecular weight excluding hydrogens is 188 g/mol. The molecule has 3 heteroatoms. The molecule has 0 radical (unpaired) electrons. The highest BCUT2D eigenvalue weighted by Crippen LogP contribution is 2.25. The third-order valence-electron chi connectivity index (χ3n) is 2.04. The van der Waals surface area contributed by atoms with E-state index in [0.717, 1.165) is 5.56 Å². The molecule has 0 bridgehead atoms. The molecule has 0 unspecified atom stereocenters. The number of nitrogens with one attached hydrogen (secondary N) is 1. The minimum Gasteiger partial charge on any atom is -0.355 e. The molecule has 0 aromatic heterocycles. The number of carbonyl (C=O) groups is 1. The Kier molecular flexibility index (Phi) is 3.80. The highest BCUT2D eigenvalue weighted by molar-refractivity contribution is 6.00. The van der Waals surface area contributed by atoms with Gasteiger partial charge in [-0.25, -0.2) is 0 Å². The Labute approximate surface area is 89.5 Å². The Morgan fingerprint density at radius 2 is 2.27 bits per heavy atom. The van der Waals surface area contributed by atoms with Crippen LogP contribution < -0.4 is 5.32 Å². The first-order chi connectivity index (χ1) is 7.24. The average molecular weight is 202 g/mol. The highest BCUT2D eigenvalue weighted by Gasteiger charge is 2.10. The molecular formula is C12H14N2O. The average Bonchev–Trinajstić information content (AvgIpc) is 2.28. The first-order valence-corrected chi connectivity index (χ1v) is 4.69. The van der Waals surface area contributed by atoms with Gasteiger partial charge in [-0.15, -0.1) is 0 Å². The van der Waals surface area contributed by atoms with E-state index < -0.39 is 0 Å². The summed E-state index contributed by atoms with van der Waals surface area (Å²) >= 11 is 0. The molecule has 0 aliphatic heterocycles. The molecule has 0 aliphatic carbocycles. The third kappa shape index (κ3) is 2.31. The van der Waals surface area contributed by atoms with Gasteiger partial charge in [0.05, 0.1) is 11.3 Å². The number of allylic oxidation sites excluding steroid dienone is 1. The summed E-state index contributed by atoms with van der Waals surface area (Å²) < 4.78 is 0. The summed E-state index contributed by atoms with van der Waals surface area (Å²) in [5, 5.41) is 2.57. The predicted molar refractivity (Wildman–Crippen MR) is 63.7 cm³/mol. The first-order valence-electron chi connectivity index (χ1n) is 4.69. The minimum atomic E-state index is -0.149. The van der Waals surface area contributed by atoms with Crippen LogP contribution in [0.4, 0.5) is 5.69 Å². The highest BCUT2D eigenvalue weighted by atomic mass is 16.1. The number of hydrogen-bond donors (Lipinski definition) is 1. The fourth-order valence-corrected chi connectivity index (χ4v) is 1.37. The lowest BCUT2D eigenvalue weighted by atomic mass is 10.1. The zero-order valence-electron chi connectivity index (χ0n) is 8.95. The van der Waals surface area contributed by atoms with Crippen LogP contribution in [0.15, 0.2) is 29.3 Å². The Bertz CT molecular complexity index is 408. The van der Waals surface area contributed by atoms with Crippen molar-refractivity contribution in [2.24, 2.45) is 4.99 Å². The molecule has 3 nitrogen and oxygen atoms in total. The molecule has 0 heterocycles. The number of carbonyl (C=O) groups excluding carboxylic acids is 1. The van der Waals surface area contributed by atoms with Crippen molar-refractivity contribution in [1.82, 2.24) is 5.32 Å². The van der Waals surface area contributed by atoms with Crippen molar-refractivity contribution in [1.29, 1.82) is 0 Å². The second kappa shape index (κ2) is 5.10. The second-order valence-corrected chi connectivity index (χ2v) is 2.98. The van der Waals surface area contributed by atoms with Crippen molar-refractivity contribution in [3.05, 3.63) is 35.4 Å². The normalized spacial score (nSPS) is 10.3. The smallest absolute Gasteiger partial charge is 0.253 e. The molecule has 0 saturated carbocycles. The quantitative estimate of drug-likeness (QED) is 0.751. The maximum absolute atomic E-state index is 11.5. The fourth-order valence-electron chi connectivity index (χ4n) is 1.37. The molecule has 78 valence electrons. The Hall–Kier alpha value is -1.90. The molecule has 0 spiro atoms. The van der Waals surface area contributed by atoms with Crippen LogP contribution in [0, 0.1) is 0 Å². The molecule has 0 atom stereocenters. The molecule has 1 rings (SSSR count). The zero-order chi connectivity index (χ0) is 11.3. The van der Waals surface area contributed by atoms with Gasteiger partial charge < -0.3 is 5.32 Å². The summed E-state index contributed by atoms with van der Waals surface area (Å²) in [6.45, 7) is 5.40. The van der Waals surface area contributed by atoms with Crippen molar-refractivity contribution in [3.63, 3.8) is 0 Å². The van der Waals surface area contributed by atoms with Crippen molar-refractivity contribution >= 4 is 24.4 Å². The molecule has 15 heavy (non-hydrogen) atoms. The van der Waals surface area contributed by atoms with E-state index in [4.69, 9.17) is 0 Å². The molecule has 0 aliphatic rings. The van der Waals surface area contributed by atoms with Crippen molar-refractivity contribution in [2.45, 2.75) is 6.92 Å². The lowest BCUT2D eigenvalue weighted by Crippen LogP contribution is -2.18. The van der Waals surface area contributed by atoms with E-state index in [0.29, 0.717) is 11.3 Å². The van der Waals surface area contributed by atoms with Crippen LogP contribution in [0.1, 0.15) is 22.8 Å². The zero-order valence-corrected chi connectivity index (χ0v) is 8.95. The predicted octanol–water partition coefficient (Wildman–Crippen LogP) is 2.41. The molecule has 1 aromatic carbocycles. The van der Waals surface area contributed by atoms with Crippen LogP contribution in [0.2, 0.25) is 0 Å². The third-order valence-corrected chi connectivity index (χ3v) is 2.04. The maximum atomic E-state index is 11.5. The van der Waals surface area contributed by atoms with E-state index in [1.807, 2.05) is 31.2 Å². The molecule has 0 saturated heterocycles. The van der Waals surface area contributed by atoms with Gasteiger partial charge in [-0.2, -0.15) is 0 Å². The maximum Gasteiger partial charge on any atom is 0.253 e.